The Bertz CT molecular complexity index is 2890. The summed E-state index contributed by atoms with van der Waals surface area (Å²) in [6.07, 6.45) is 6.25. The van der Waals surface area contributed by atoms with Crippen molar-refractivity contribution in [2.75, 3.05) is 71.0 Å². The Kier molecular flexibility index (Phi) is 11.9. The highest BCUT2D eigenvalue weighted by Gasteiger charge is 2.31. The smallest absolute Gasteiger partial charge is 0.312 e. The topological polar surface area (TPSA) is 181 Å². The number of fused-ring (bicyclic) bond motifs is 2. The number of amides is 1. The van der Waals surface area contributed by atoms with Crippen LogP contribution < -0.4 is 14.4 Å². The largest absolute Gasteiger partial charge is 0.484 e. The summed E-state index contributed by atoms with van der Waals surface area (Å²) in [5.41, 5.74) is 6.88. The van der Waals surface area contributed by atoms with Crippen molar-refractivity contribution in [3.8, 4) is 11.4 Å². The fraction of sp³-hybridized carbons (Fsp3) is 0.370. The molecular weight excluding hydrogens is 858 g/mol. The summed E-state index contributed by atoms with van der Waals surface area (Å²) >= 11 is 6.26. The molecule has 2 N–H and O–H groups in total. The number of H-pyrrole nitrogens is 1. The van der Waals surface area contributed by atoms with Gasteiger partial charge in [-0.05, 0) is 97.5 Å². The average Bonchev–Trinajstić information content (AvgIpc) is 3.92. The maximum absolute atomic E-state index is 14.2. The molecule has 3 aromatic carbocycles. The number of nitro groups is 1. The number of sulfonamides is 1. The molecule has 1 aliphatic carbocycles. The molecule has 3 aromatic heterocycles. The van der Waals surface area contributed by atoms with Gasteiger partial charge in [-0.2, -0.15) is 0 Å². The number of hydrogen-bond acceptors (Lipinski definition) is 12. The number of nitrogens with one attached hydrogen (secondary N) is 2. The molecule has 1 atom stereocenters. The fourth-order valence-electron chi connectivity index (χ4n) is 8.92. The molecule has 0 saturated carbocycles. The lowest BCUT2D eigenvalue weighted by Gasteiger charge is -2.39. The van der Waals surface area contributed by atoms with Gasteiger partial charge in [0.2, 0.25) is 0 Å². The van der Waals surface area contributed by atoms with Gasteiger partial charge in [0, 0.05) is 80.4 Å². The molecule has 18 heteroatoms. The number of piperazine rings is 1. The van der Waals surface area contributed by atoms with Gasteiger partial charge < -0.3 is 19.3 Å². The third kappa shape index (κ3) is 9.21. The number of ether oxygens (including phenoxy) is 2. The van der Waals surface area contributed by atoms with Gasteiger partial charge in [-0.3, -0.25) is 29.6 Å². The van der Waals surface area contributed by atoms with Gasteiger partial charge in [0.25, 0.3) is 15.9 Å². The van der Waals surface area contributed by atoms with Crippen LogP contribution in [-0.4, -0.2) is 121 Å². The van der Waals surface area contributed by atoms with Crippen LogP contribution in [0, 0.1) is 15.5 Å². The first-order valence-corrected chi connectivity index (χ1v) is 23.2. The third-order valence-corrected chi connectivity index (χ3v) is 14.1. The summed E-state index contributed by atoms with van der Waals surface area (Å²) in [5.74, 6) is -1.03. The normalized spacial score (nSPS) is 18.8. The number of rotatable bonds is 12. The number of nitro benzene ring substituents is 1. The molecule has 64 heavy (non-hydrogen) atoms. The first kappa shape index (κ1) is 43.4. The zero-order valence-electron chi connectivity index (χ0n) is 35.9. The van der Waals surface area contributed by atoms with E-state index in [1.54, 1.807) is 23.1 Å². The van der Waals surface area contributed by atoms with Crippen molar-refractivity contribution in [3.05, 3.63) is 117 Å². The molecule has 0 spiro atoms. The number of aromatic amines is 1. The van der Waals surface area contributed by atoms with Crippen molar-refractivity contribution in [1.82, 2.24) is 34.3 Å². The Morgan fingerprint density at radius 2 is 1.84 bits per heavy atom. The molecule has 9 rings (SSSR count). The lowest BCUT2D eigenvalue weighted by Crippen LogP contribution is -2.47. The molecule has 0 bridgehead atoms. The van der Waals surface area contributed by atoms with Crippen LogP contribution >= 0.6 is 11.6 Å². The van der Waals surface area contributed by atoms with Crippen LogP contribution in [0.3, 0.4) is 0 Å². The third-order valence-electron chi connectivity index (χ3n) is 12.5. The number of halogens is 1. The predicted octanol–water partition coefficient (Wildman–Crippen LogP) is 7.08. The lowest BCUT2D eigenvalue weighted by molar-refractivity contribution is -0.386. The second-order valence-corrected chi connectivity index (χ2v) is 19.8. The summed E-state index contributed by atoms with van der Waals surface area (Å²) in [5, 5.41) is 16.9. The van der Waals surface area contributed by atoms with E-state index < -0.39 is 31.4 Å². The Morgan fingerprint density at radius 1 is 1.05 bits per heavy atom. The van der Waals surface area contributed by atoms with Crippen LogP contribution in [0.1, 0.15) is 49.0 Å². The predicted molar refractivity (Wildman–Crippen MR) is 246 cm³/mol. The van der Waals surface area contributed by atoms with E-state index in [1.807, 2.05) is 43.4 Å². The average molecular weight is 908 g/mol. The molecule has 2 saturated heterocycles. The van der Waals surface area contributed by atoms with Gasteiger partial charge >= 0.3 is 5.69 Å². The molecule has 0 radical (unpaired) electrons. The van der Waals surface area contributed by atoms with Crippen LogP contribution in [0.25, 0.3) is 33.3 Å². The van der Waals surface area contributed by atoms with Gasteiger partial charge in [0.15, 0.2) is 11.4 Å². The number of carbonyl (C=O) groups excluding carboxylic acids is 1. The fourth-order valence-corrected chi connectivity index (χ4v) is 10.0. The molecule has 16 nitrogen and oxygen atoms in total. The van der Waals surface area contributed by atoms with Crippen molar-refractivity contribution >= 4 is 66.5 Å². The molecule has 6 aromatic rings. The van der Waals surface area contributed by atoms with E-state index in [2.05, 4.69) is 60.5 Å². The first-order valence-electron chi connectivity index (χ1n) is 21.4. The maximum atomic E-state index is 14.2. The number of nitrogens with zero attached hydrogens (tertiary/aromatic N) is 7. The van der Waals surface area contributed by atoms with E-state index in [-0.39, 0.29) is 29.4 Å². The number of likely N-dealkylation sites (N-methyl/N-ethyl adjacent to an activating group) is 1. The molecule has 2 aliphatic heterocycles. The zero-order chi connectivity index (χ0) is 44.8. The molecular formula is C46H50ClN9O7S. The van der Waals surface area contributed by atoms with E-state index in [9.17, 15) is 23.3 Å². The second-order valence-electron chi connectivity index (χ2n) is 17.6. The summed E-state index contributed by atoms with van der Waals surface area (Å²) in [7, 11) is -2.67. The number of morpholine rings is 1. The first-order chi connectivity index (χ1) is 30.7. The summed E-state index contributed by atoms with van der Waals surface area (Å²) in [6, 6.07) is 20.5. The van der Waals surface area contributed by atoms with E-state index in [0.29, 0.717) is 35.5 Å². The van der Waals surface area contributed by atoms with Gasteiger partial charge in [-0.15, -0.1) is 0 Å². The number of anilines is 1. The Hall–Kier alpha value is -5.85. The Balaban J connectivity index is 0.972. The van der Waals surface area contributed by atoms with Gasteiger partial charge in [0.05, 0.1) is 33.2 Å². The second kappa shape index (κ2) is 17.6. The minimum Gasteiger partial charge on any atom is -0.484 e. The van der Waals surface area contributed by atoms with Crippen LogP contribution in [0.5, 0.6) is 5.75 Å². The van der Waals surface area contributed by atoms with Crippen molar-refractivity contribution in [2.24, 2.45) is 5.41 Å². The lowest BCUT2D eigenvalue weighted by atomic mass is 9.72. The van der Waals surface area contributed by atoms with Crippen molar-refractivity contribution in [1.29, 1.82) is 0 Å². The standard InChI is InChI=1S/C46H50ClN9O7S/c1-46(2)14-12-32(38(25-46)30-4-6-33(47)7-5-30)27-53-16-18-54(19-17-53)34-8-10-37(40(23-34)55-41-22-31-13-15-48-44(31)50-39(41)26-49-55)45(57)51-64(60,61)36-9-11-43(42(24-36)56(58)59)63-29-35-28-52(3)20-21-62-35/h4-11,13,15,22-24,26,35,49H,12,14,16-21,25,27-29H2,1-3H3,(H,51,57). The number of carbonyl (C=O) groups is 1. The number of allylic oxidation sites excluding steroid dienone is 1. The summed E-state index contributed by atoms with van der Waals surface area (Å²) in [4.78, 5) is 41.0. The summed E-state index contributed by atoms with van der Waals surface area (Å²) < 4.78 is 43.0. The van der Waals surface area contributed by atoms with Gasteiger partial charge in [-0.1, -0.05) is 43.2 Å². The molecule has 3 aliphatic rings. The SMILES string of the molecule is CN1CCOC(COc2ccc(S(=O)(=O)NC(=O)c3ccc(N4CCN(CC5=C(c6ccc(Cl)cc6)CC(C)(C)CC5)CC4)cc3-n3[nH]cc4nc5nccc5cc43)cc2[N+](=O)[O-])C1. The number of benzene rings is 3. The Morgan fingerprint density at radius 3 is 2.61 bits per heavy atom. The minimum atomic E-state index is -4.61. The van der Waals surface area contributed by atoms with Crippen molar-refractivity contribution in [2.45, 2.75) is 44.1 Å². The Labute approximate surface area is 376 Å². The molecule has 1 amide bonds. The monoisotopic (exact) mass is 907 g/mol. The van der Waals surface area contributed by atoms with Gasteiger partial charge in [-0.25, -0.2) is 23.1 Å². The van der Waals surface area contributed by atoms with Crippen LogP contribution in [0.4, 0.5) is 11.4 Å². The van der Waals surface area contributed by atoms with E-state index in [4.69, 9.17) is 21.1 Å². The quantitative estimate of drug-likeness (QED) is 0.0943. The van der Waals surface area contributed by atoms with Gasteiger partial charge in [0.1, 0.15) is 18.2 Å². The minimum absolute atomic E-state index is 0.0415. The van der Waals surface area contributed by atoms with Crippen molar-refractivity contribution < 1.29 is 27.6 Å². The van der Waals surface area contributed by atoms with Crippen molar-refractivity contribution in [3.63, 3.8) is 0 Å². The van der Waals surface area contributed by atoms with Crippen LogP contribution in [-0.2, 0) is 14.8 Å². The number of pyridine rings is 1. The maximum Gasteiger partial charge on any atom is 0.312 e. The molecule has 1 unspecified atom stereocenters. The van der Waals surface area contributed by atoms with E-state index in [1.165, 1.54) is 28.8 Å². The number of hydrogen-bond donors (Lipinski definition) is 2. The molecule has 334 valence electrons. The molecule has 5 heterocycles. The van der Waals surface area contributed by atoms with E-state index >= 15 is 0 Å². The zero-order valence-corrected chi connectivity index (χ0v) is 37.5. The highest BCUT2D eigenvalue weighted by Crippen LogP contribution is 2.43. The highest BCUT2D eigenvalue weighted by molar-refractivity contribution is 7.90. The molecule has 2 fully saturated rings. The van der Waals surface area contributed by atoms with Crippen LogP contribution in [0.2, 0.25) is 5.02 Å². The highest BCUT2D eigenvalue weighted by atomic mass is 35.5. The summed E-state index contributed by atoms with van der Waals surface area (Å²) in [6.45, 7) is 10.5. The van der Waals surface area contributed by atoms with Crippen LogP contribution in [0.15, 0.2) is 95.7 Å². The number of aromatic nitrogens is 4. The van der Waals surface area contributed by atoms with E-state index in [0.717, 1.165) is 80.7 Å².